The summed E-state index contributed by atoms with van der Waals surface area (Å²) in [6, 6.07) is 0. The Morgan fingerprint density at radius 2 is 1.00 bits per heavy atom. The van der Waals surface area contributed by atoms with Crippen LogP contribution in [0.4, 0.5) is 0 Å². The molecule has 0 aromatic carbocycles. The first kappa shape index (κ1) is 26.5. The largest absolute Gasteiger partial charge is 0.478 e. The van der Waals surface area contributed by atoms with Gasteiger partial charge in [-0.05, 0) is 26.7 Å². The molecular weight excluding hydrogens is 312 g/mol. The summed E-state index contributed by atoms with van der Waals surface area (Å²) in [5, 5.41) is 23.7. The van der Waals surface area contributed by atoms with Crippen LogP contribution in [0.1, 0.15) is 53.4 Å². The third-order valence-electron chi connectivity index (χ3n) is 2.90. The topological polar surface area (TPSA) is 112 Å². The van der Waals surface area contributed by atoms with Gasteiger partial charge < -0.3 is 15.3 Å². The molecule has 3 N–H and O–H groups in total. The summed E-state index contributed by atoms with van der Waals surface area (Å²) in [4.78, 5) is 28.8. The van der Waals surface area contributed by atoms with Gasteiger partial charge in [0.25, 0.3) is 0 Å². The second-order valence-corrected chi connectivity index (χ2v) is 5.46. The zero-order valence-corrected chi connectivity index (χ0v) is 15.1. The van der Waals surface area contributed by atoms with Crippen LogP contribution in [-0.2, 0) is 14.4 Å². The molecule has 24 heavy (non-hydrogen) atoms. The molecule has 0 unspecified atom stereocenters. The second-order valence-electron chi connectivity index (χ2n) is 5.46. The van der Waals surface area contributed by atoms with Gasteiger partial charge in [-0.2, -0.15) is 0 Å². The van der Waals surface area contributed by atoms with E-state index in [0.29, 0.717) is 0 Å². The SMILES string of the molecule is C=C(C)C(=O)O.C=C(C)C(=O)O.C=C(C)C(=O)O.CCC1CCC1. The van der Waals surface area contributed by atoms with Crippen molar-refractivity contribution in [1.82, 2.24) is 0 Å². The van der Waals surface area contributed by atoms with Crippen molar-refractivity contribution in [2.24, 2.45) is 5.92 Å². The van der Waals surface area contributed by atoms with Crippen molar-refractivity contribution in [1.29, 1.82) is 0 Å². The predicted octanol–water partition coefficient (Wildman–Crippen LogP) is 4.14. The molecular formula is C18H30O6. The average Bonchev–Trinajstić information content (AvgIpc) is 2.39. The van der Waals surface area contributed by atoms with E-state index in [2.05, 4.69) is 26.7 Å². The van der Waals surface area contributed by atoms with Gasteiger partial charge in [-0.1, -0.05) is 52.3 Å². The molecule has 1 rings (SSSR count). The fourth-order valence-corrected chi connectivity index (χ4v) is 0.901. The minimum atomic E-state index is -0.935. The zero-order chi connectivity index (χ0) is 19.9. The standard InChI is InChI=1S/C6H12.3C4H6O2/c1-2-6-4-3-5-6;3*1-3(2)4(5)6/h6H,2-5H2,1H3;3*1H2,2H3,(H,5,6). The van der Waals surface area contributed by atoms with E-state index in [4.69, 9.17) is 15.3 Å². The van der Waals surface area contributed by atoms with E-state index in [0.717, 1.165) is 5.92 Å². The number of carbonyl (C=O) groups is 3. The summed E-state index contributed by atoms with van der Waals surface area (Å²) in [6.07, 6.45) is 5.94. The van der Waals surface area contributed by atoms with E-state index >= 15 is 0 Å². The molecule has 0 saturated heterocycles. The van der Waals surface area contributed by atoms with Crippen LogP contribution in [-0.4, -0.2) is 33.2 Å². The predicted molar refractivity (Wildman–Crippen MR) is 95.0 cm³/mol. The lowest BCUT2D eigenvalue weighted by Gasteiger charge is -2.22. The first-order valence-electron chi connectivity index (χ1n) is 7.53. The van der Waals surface area contributed by atoms with Gasteiger partial charge in [-0.3, -0.25) is 0 Å². The number of hydrogen-bond donors (Lipinski definition) is 3. The molecule has 0 radical (unpaired) electrons. The lowest BCUT2D eigenvalue weighted by Crippen LogP contribution is -2.08. The number of rotatable bonds is 4. The third-order valence-corrected chi connectivity index (χ3v) is 2.90. The molecule has 138 valence electrons. The van der Waals surface area contributed by atoms with Crippen LogP contribution < -0.4 is 0 Å². The summed E-state index contributed by atoms with van der Waals surface area (Å²) < 4.78 is 0. The molecule has 1 saturated carbocycles. The van der Waals surface area contributed by atoms with Gasteiger partial charge in [0.1, 0.15) is 0 Å². The maximum absolute atomic E-state index is 9.60. The average molecular weight is 342 g/mol. The van der Waals surface area contributed by atoms with Gasteiger partial charge in [0.05, 0.1) is 0 Å². The van der Waals surface area contributed by atoms with Crippen molar-refractivity contribution in [3.8, 4) is 0 Å². The van der Waals surface area contributed by atoms with Gasteiger partial charge in [-0.15, -0.1) is 0 Å². The molecule has 0 atom stereocenters. The van der Waals surface area contributed by atoms with Crippen LogP contribution in [0.5, 0.6) is 0 Å². The molecule has 1 aliphatic rings. The first-order chi connectivity index (χ1) is 10.9. The molecule has 0 bridgehead atoms. The van der Waals surface area contributed by atoms with Crippen LogP contribution in [0, 0.1) is 5.92 Å². The summed E-state index contributed by atoms with van der Waals surface area (Å²) in [5.74, 6) is -1.69. The van der Waals surface area contributed by atoms with Crippen LogP contribution >= 0.6 is 0 Å². The summed E-state index contributed by atoms with van der Waals surface area (Å²) in [7, 11) is 0. The van der Waals surface area contributed by atoms with Gasteiger partial charge >= 0.3 is 17.9 Å². The van der Waals surface area contributed by atoms with E-state index in [9.17, 15) is 14.4 Å². The molecule has 1 aliphatic carbocycles. The fourth-order valence-electron chi connectivity index (χ4n) is 0.901. The van der Waals surface area contributed by atoms with Gasteiger partial charge in [0.2, 0.25) is 0 Å². The van der Waals surface area contributed by atoms with Crippen molar-refractivity contribution in [3.63, 3.8) is 0 Å². The molecule has 0 aliphatic heterocycles. The monoisotopic (exact) mass is 342 g/mol. The Balaban J connectivity index is -0.000000245. The number of hydrogen-bond acceptors (Lipinski definition) is 3. The maximum Gasteiger partial charge on any atom is 0.330 e. The number of aliphatic carboxylic acids is 3. The highest BCUT2D eigenvalue weighted by molar-refractivity contribution is 5.85. The molecule has 0 heterocycles. The minimum absolute atomic E-state index is 0.176. The highest BCUT2D eigenvalue weighted by Crippen LogP contribution is 2.28. The fraction of sp³-hybridized carbons (Fsp3) is 0.500. The van der Waals surface area contributed by atoms with Crippen molar-refractivity contribution in [2.45, 2.75) is 53.4 Å². The Hall–Kier alpha value is -2.37. The third kappa shape index (κ3) is 21.9. The molecule has 6 heteroatoms. The first-order valence-corrected chi connectivity index (χ1v) is 7.53. The maximum atomic E-state index is 9.60. The van der Waals surface area contributed by atoms with Crippen molar-refractivity contribution < 1.29 is 29.7 Å². The molecule has 0 spiro atoms. The van der Waals surface area contributed by atoms with Crippen LogP contribution in [0.25, 0.3) is 0 Å². The Morgan fingerprint density at radius 3 is 1.00 bits per heavy atom. The Morgan fingerprint density at radius 1 is 0.792 bits per heavy atom. The highest BCUT2D eigenvalue weighted by Gasteiger charge is 2.13. The lowest BCUT2D eigenvalue weighted by atomic mass is 9.84. The Labute approximate surface area is 144 Å². The molecule has 6 nitrogen and oxygen atoms in total. The normalized spacial score (nSPS) is 11.5. The smallest absolute Gasteiger partial charge is 0.330 e. The Kier molecular flexibility index (Phi) is 17.2. The molecule has 0 amide bonds. The van der Waals surface area contributed by atoms with Crippen LogP contribution in [0.15, 0.2) is 36.5 Å². The second kappa shape index (κ2) is 15.5. The molecule has 1 fully saturated rings. The van der Waals surface area contributed by atoms with Gasteiger partial charge in [0.15, 0.2) is 0 Å². The van der Waals surface area contributed by atoms with Gasteiger partial charge in [-0.25, -0.2) is 14.4 Å². The van der Waals surface area contributed by atoms with E-state index in [1.165, 1.54) is 46.5 Å². The summed E-state index contributed by atoms with van der Waals surface area (Å²) >= 11 is 0. The van der Waals surface area contributed by atoms with E-state index in [1.54, 1.807) is 0 Å². The van der Waals surface area contributed by atoms with E-state index < -0.39 is 17.9 Å². The lowest BCUT2D eigenvalue weighted by molar-refractivity contribution is -0.133. The van der Waals surface area contributed by atoms with Gasteiger partial charge in [0, 0.05) is 16.7 Å². The Bertz CT molecular complexity index is 362. The number of carboxylic acid groups (broad SMARTS) is 3. The molecule has 0 aromatic rings. The van der Waals surface area contributed by atoms with Crippen LogP contribution in [0.2, 0.25) is 0 Å². The zero-order valence-electron chi connectivity index (χ0n) is 15.1. The van der Waals surface area contributed by atoms with Crippen molar-refractivity contribution in [3.05, 3.63) is 36.5 Å². The minimum Gasteiger partial charge on any atom is -0.478 e. The van der Waals surface area contributed by atoms with Crippen molar-refractivity contribution >= 4 is 17.9 Å². The summed E-state index contributed by atoms with van der Waals surface area (Å²) in [6.45, 7) is 16.1. The highest BCUT2D eigenvalue weighted by atomic mass is 16.4. The van der Waals surface area contributed by atoms with E-state index in [-0.39, 0.29) is 16.7 Å². The van der Waals surface area contributed by atoms with Crippen LogP contribution in [0.3, 0.4) is 0 Å². The van der Waals surface area contributed by atoms with E-state index in [1.807, 2.05) is 0 Å². The summed E-state index contributed by atoms with van der Waals surface area (Å²) in [5.41, 5.74) is 0.528. The quantitative estimate of drug-likeness (QED) is 0.662. The number of carboxylic acids is 3. The molecule has 0 aromatic heterocycles. The van der Waals surface area contributed by atoms with Crippen molar-refractivity contribution in [2.75, 3.05) is 0 Å².